The van der Waals surface area contributed by atoms with Crippen molar-refractivity contribution in [1.29, 1.82) is 0 Å². The molecule has 0 radical (unpaired) electrons. The number of nitrogens with zero attached hydrogens (tertiary/aromatic N) is 1. The lowest BCUT2D eigenvalue weighted by atomic mass is 10.0. The minimum atomic E-state index is -0.455. The number of rotatable bonds is 5. The van der Waals surface area contributed by atoms with Gasteiger partial charge in [0, 0.05) is 35.7 Å². The van der Waals surface area contributed by atoms with Gasteiger partial charge < -0.3 is 5.32 Å². The van der Waals surface area contributed by atoms with Gasteiger partial charge >= 0.3 is 0 Å². The van der Waals surface area contributed by atoms with Crippen LogP contribution in [0.4, 0.5) is 11.4 Å². The maximum atomic E-state index is 12.4. The highest BCUT2D eigenvalue weighted by Gasteiger charge is 2.06. The van der Waals surface area contributed by atoms with Crippen molar-refractivity contribution in [2.75, 3.05) is 5.32 Å². The van der Waals surface area contributed by atoms with Crippen LogP contribution in [-0.4, -0.2) is 10.7 Å². The Morgan fingerprint density at radius 3 is 2.42 bits per heavy atom. The van der Waals surface area contributed by atoms with Crippen molar-refractivity contribution in [3.63, 3.8) is 0 Å². The molecule has 3 rings (SSSR count). The number of fused-ring (bicyclic) bond motifs is 1. The van der Waals surface area contributed by atoms with E-state index in [1.165, 1.54) is 24.4 Å². The summed E-state index contributed by atoms with van der Waals surface area (Å²) in [5.41, 5.74) is 1.33. The van der Waals surface area contributed by atoms with Gasteiger partial charge in [0.2, 0.25) is 0 Å². The number of nitrogens with one attached hydrogen (secondary N) is 1. The van der Waals surface area contributed by atoms with E-state index in [0.29, 0.717) is 11.3 Å². The van der Waals surface area contributed by atoms with Crippen LogP contribution in [0.5, 0.6) is 0 Å². The van der Waals surface area contributed by atoms with Crippen LogP contribution in [0, 0.1) is 10.1 Å². The number of benzene rings is 3. The van der Waals surface area contributed by atoms with E-state index in [4.69, 9.17) is 0 Å². The number of anilines is 1. The molecule has 24 heavy (non-hydrogen) atoms. The monoisotopic (exact) mass is 318 g/mol. The van der Waals surface area contributed by atoms with Crippen LogP contribution < -0.4 is 5.32 Å². The Bertz CT molecular complexity index is 926. The molecule has 0 atom stereocenters. The van der Waals surface area contributed by atoms with E-state index in [-0.39, 0.29) is 11.5 Å². The molecular formula is C19H14N2O3. The molecule has 0 saturated heterocycles. The lowest BCUT2D eigenvalue weighted by Crippen LogP contribution is -1.97. The first-order valence-corrected chi connectivity index (χ1v) is 7.35. The summed E-state index contributed by atoms with van der Waals surface area (Å²) in [7, 11) is 0. The number of non-ortho nitro benzene ring substituents is 1. The van der Waals surface area contributed by atoms with E-state index in [2.05, 4.69) is 5.32 Å². The number of allylic oxidation sites excluding steroid dienone is 1. The molecule has 118 valence electrons. The summed E-state index contributed by atoms with van der Waals surface area (Å²) >= 11 is 0. The zero-order chi connectivity index (χ0) is 16.9. The van der Waals surface area contributed by atoms with Gasteiger partial charge in [0.15, 0.2) is 5.78 Å². The van der Waals surface area contributed by atoms with Crippen molar-refractivity contribution in [1.82, 2.24) is 0 Å². The SMILES string of the molecule is O=C(C=CNc1ccc([N+](=O)[O-])cc1)c1cccc2ccccc12. The molecule has 0 aromatic heterocycles. The first-order valence-electron chi connectivity index (χ1n) is 7.35. The van der Waals surface area contributed by atoms with Gasteiger partial charge in [-0.25, -0.2) is 0 Å². The molecule has 5 nitrogen and oxygen atoms in total. The molecule has 3 aromatic carbocycles. The van der Waals surface area contributed by atoms with Crippen molar-refractivity contribution in [3.8, 4) is 0 Å². The molecule has 0 spiro atoms. The molecule has 0 aliphatic rings. The maximum absolute atomic E-state index is 12.4. The number of ketones is 1. The van der Waals surface area contributed by atoms with Crippen LogP contribution in [0.15, 0.2) is 79.0 Å². The first kappa shape index (κ1) is 15.4. The van der Waals surface area contributed by atoms with Crippen molar-refractivity contribution in [3.05, 3.63) is 94.7 Å². The van der Waals surface area contributed by atoms with Crippen molar-refractivity contribution >= 4 is 27.9 Å². The number of carbonyl (C=O) groups is 1. The van der Waals surface area contributed by atoms with E-state index in [1.54, 1.807) is 18.2 Å². The van der Waals surface area contributed by atoms with Crippen molar-refractivity contribution in [2.45, 2.75) is 0 Å². The Morgan fingerprint density at radius 1 is 0.958 bits per heavy atom. The largest absolute Gasteiger partial charge is 0.362 e. The van der Waals surface area contributed by atoms with Crippen molar-refractivity contribution < 1.29 is 9.72 Å². The zero-order valence-electron chi connectivity index (χ0n) is 12.7. The van der Waals surface area contributed by atoms with Gasteiger partial charge in [-0.1, -0.05) is 42.5 Å². The Morgan fingerprint density at radius 2 is 1.67 bits per heavy atom. The fourth-order valence-corrected chi connectivity index (χ4v) is 2.42. The van der Waals surface area contributed by atoms with Gasteiger partial charge in [0.1, 0.15) is 0 Å². The van der Waals surface area contributed by atoms with E-state index in [9.17, 15) is 14.9 Å². The number of nitro benzene ring substituents is 1. The van der Waals surface area contributed by atoms with Gasteiger partial charge in [-0.2, -0.15) is 0 Å². The third-order valence-corrected chi connectivity index (χ3v) is 3.62. The molecular weight excluding hydrogens is 304 g/mol. The third kappa shape index (κ3) is 3.30. The van der Waals surface area contributed by atoms with E-state index in [0.717, 1.165) is 10.8 Å². The first-order chi connectivity index (χ1) is 11.6. The highest BCUT2D eigenvalue weighted by atomic mass is 16.6. The molecule has 3 aromatic rings. The Kier molecular flexibility index (Phi) is 4.34. The minimum absolute atomic E-state index is 0.0244. The second kappa shape index (κ2) is 6.75. The summed E-state index contributed by atoms with van der Waals surface area (Å²) in [6.45, 7) is 0. The molecule has 5 heteroatoms. The average molecular weight is 318 g/mol. The predicted molar refractivity (Wildman–Crippen MR) is 94.1 cm³/mol. The van der Waals surface area contributed by atoms with Crippen LogP contribution in [0.25, 0.3) is 10.8 Å². The topological polar surface area (TPSA) is 72.2 Å². The number of hydrogen-bond acceptors (Lipinski definition) is 4. The molecule has 0 saturated carbocycles. The molecule has 0 aliphatic heterocycles. The molecule has 0 aliphatic carbocycles. The van der Waals surface area contributed by atoms with Crippen LogP contribution in [-0.2, 0) is 0 Å². The van der Waals surface area contributed by atoms with Gasteiger partial charge in [-0.3, -0.25) is 14.9 Å². The lowest BCUT2D eigenvalue weighted by molar-refractivity contribution is -0.384. The fourth-order valence-electron chi connectivity index (χ4n) is 2.42. The van der Waals surface area contributed by atoms with Crippen LogP contribution >= 0.6 is 0 Å². The fraction of sp³-hybridized carbons (Fsp3) is 0. The molecule has 1 N–H and O–H groups in total. The minimum Gasteiger partial charge on any atom is -0.362 e. The number of carbonyl (C=O) groups excluding carboxylic acids is 1. The summed E-state index contributed by atoms with van der Waals surface area (Å²) < 4.78 is 0. The number of hydrogen-bond donors (Lipinski definition) is 1. The Hall–Kier alpha value is -3.47. The van der Waals surface area contributed by atoms with E-state index < -0.39 is 4.92 Å². The van der Waals surface area contributed by atoms with Gasteiger partial charge in [-0.15, -0.1) is 0 Å². The predicted octanol–water partition coefficient (Wildman–Crippen LogP) is 4.56. The van der Waals surface area contributed by atoms with Crippen LogP contribution in [0.2, 0.25) is 0 Å². The second-order valence-corrected chi connectivity index (χ2v) is 5.17. The third-order valence-electron chi connectivity index (χ3n) is 3.62. The normalized spacial score (nSPS) is 10.8. The zero-order valence-corrected chi connectivity index (χ0v) is 12.7. The van der Waals surface area contributed by atoms with Crippen LogP contribution in [0.1, 0.15) is 10.4 Å². The van der Waals surface area contributed by atoms with E-state index >= 15 is 0 Å². The molecule has 0 unspecified atom stereocenters. The summed E-state index contributed by atoms with van der Waals surface area (Å²) in [6, 6.07) is 19.3. The average Bonchev–Trinajstić information content (AvgIpc) is 2.61. The molecule has 0 amide bonds. The standard InChI is InChI=1S/C19H14N2O3/c22-19(18-7-3-5-14-4-1-2-6-17(14)18)12-13-20-15-8-10-16(11-9-15)21(23)24/h1-13,20H. The Balaban J connectivity index is 1.74. The Labute approximate surface area is 138 Å². The maximum Gasteiger partial charge on any atom is 0.269 e. The van der Waals surface area contributed by atoms with E-state index in [1.807, 2.05) is 36.4 Å². The second-order valence-electron chi connectivity index (χ2n) is 5.17. The highest BCUT2D eigenvalue weighted by Crippen LogP contribution is 2.19. The molecule has 0 bridgehead atoms. The summed E-state index contributed by atoms with van der Waals surface area (Å²) in [5, 5.41) is 15.5. The summed E-state index contributed by atoms with van der Waals surface area (Å²) in [6.07, 6.45) is 2.98. The van der Waals surface area contributed by atoms with Crippen molar-refractivity contribution in [2.24, 2.45) is 0 Å². The number of nitro groups is 1. The molecule has 0 heterocycles. The highest BCUT2D eigenvalue weighted by molar-refractivity contribution is 6.13. The van der Waals surface area contributed by atoms with Gasteiger partial charge in [0.25, 0.3) is 5.69 Å². The van der Waals surface area contributed by atoms with Gasteiger partial charge in [-0.05, 0) is 22.9 Å². The molecule has 0 fully saturated rings. The lowest BCUT2D eigenvalue weighted by Gasteiger charge is -2.03. The van der Waals surface area contributed by atoms with Gasteiger partial charge in [0.05, 0.1) is 4.92 Å². The van der Waals surface area contributed by atoms with Crippen LogP contribution in [0.3, 0.4) is 0 Å². The quantitative estimate of drug-likeness (QED) is 0.324. The smallest absolute Gasteiger partial charge is 0.269 e. The summed E-state index contributed by atoms with van der Waals surface area (Å²) in [4.78, 5) is 22.5. The summed E-state index contributed by atoms with van der Waals surface area (Å²) in [5.74, 6) is -0.110.